The van der Waals surface area contributed by atoms with E-state index in [0.29, 0.717) is 22.0 Å². The van der Waals surface area contributed by atoms with E-state index in [4.69, 9.17) is 0 Å². The van der Waals surface area contributed by atoms with Gasteiger partial charge in [-0.05, 0) is 30.5 Å². The van der Waals surface area contributed by atoms with E-state index in [9.17, 15) is 9.18 Å². The number of pyridine rings is 1. The summed E-state index contributed by atoms with van der Waals surface area (Å²) >= 11 is 0. The number of aryl methyl sites for hydroxylation is 1. The van der Waals surface area contributed by atoms with Gasteiger partial charge in [-0.3, -0.25) is 9.78 Å². The molecule has 0 aliphatic carbocycles. The quantitative estimate of drug-likeness (QED) is 0.645. The van der Waals surface area contributed by atoms with Crippen molar-refractivity contribution in [1.29, 1.82) is 0 Å². The first-order valence-electron chi connectivity index (χ1n) is 4.23. The molecule has 0 bridgehead atoms. The fraction of sp³-hybridized carbons (Fsp3) is 0.0909. The van der Waals surface area contributed by atoms with Crippen molar-refractivity contribution in [3.05, 3.63) is 41.5 Å². The number of hydrogen-bond donors (Lipinski definition) is 0. The van der Waals surface area contributed by atoms with Crippen molar-refractivity contribution in [2.24, 2.45) is 0 Å². The lowest BCUT2D eigenvalue weighted by molar-refractivity contribution is 0.112. The van der Waals surface area contributed by atoms with Crippen LogP contribution in [0.2, 0.25) is 0 Å². The van der Waals surface area contributed by atoms with E-state index in [0.717, 1.165) is 6.29 Å². The third kappa shape index (κ3) is 1.18. The molecular weight excluding hydrogens is 181 g/mol. The summed E-state index contributed by atoms with van der Waals surface area (Å²) in [6.45, 7) is 1.72. The monoisotopic (exact) mass is 189 g/mol. The van der Waals surface area contributed by atoms with E-state index in [1.807, 2.05) is 0 Å². The predicted molar refractivity (Wildman–Crippen MR) is 51.8 cm³/mol. The average Bonchev–Trinajstić information content (AvgIpc) is 2.18. The lowest BCUT2D eigenvalue weighted by Gasteiger charge is -2.04. The molecule has 0 atom stereocenters. The molecular formula is C11H8FNO. The maximum absolute atomic E-state index is 13.4. The second kappa shape index (κ2) is 3.18. The SMILES string of the molecule is Cc1nccc2c(C=O)ccc(F)c12. The van der Waals surface area contributed by atoms with Crippen molar-refractivity contribution in [1.82, 2.24) is 4.98 Å². The van der Waals surface area contributed by atoms with Gasteiger partial charge in [-0.15, -0.1) is 0 Å². The normalized spacial score (nSPS) is 10.4. The Morgan fingerprint density at radius 2 is 2.14 bits per heavy atom. The number of carbonyl (C=O) groups excluding carboxylic acids is 1. The van der Waals surface area contributed by atoms with Crippen molar-refractivity contribution in [3.8, 4) is 0 Å². The third-order valence-electron chi connectivity index (χ3n) is 2.23. The van der Waals surface area contributed by atoms with Crippen LogP contribution in [0.15, 0.2) is 24.4 Å². The van der Waals surface area contributed by atoms with Crippen LogP contribution < -0.4 is 0 Å². The van der Waals surface area contributed by atoms with Crippen LogP contribution in [0, 0.1) is 12.7 Å². The molecule has 2 rings (SSSR count). The van der Waals surface area contributed by atoms with Crippen molar-refractivity contribution >= 4 is 17.1 Å². The number of fused-ring (bicyclic) bond motifs is 1. The number of rotatable bonds is 1. The number of aldehydes is 1. The second-order valence-electron chi connectivity index (χ2n) is 3.07. The van der Waals surface area contributed by atoms with E-state index < -0.39 is 0 Å². The first kappa shape index (κ1) is 8.81. The number of hydrogen-bond acceptors (Lipinski definition) is 2. The lowest BCUT2D eigenvalue weighted by Crippen LogP contribution is -1.91. The Hall–Kier alpha value is -1.77. The molecule has 1 aromatic heterocycles. The molecule has 0 fully saturated rings. The van der Waals surface area contributed by atoms with Gasteiger partial charge in [0.1, 0.15) is 5.82 Å². The molecule has 0 N–H and O–H groups in total. The van der Waals surface area contributed by atoms with Gasteiger partial charge >= 0.3 is 0 Å². The predicted octanol–water partition coefficient (Wildman–Crippen LogP) is 2.49. The smallest absolute Gasteiger partial charge is 0.150 e. The molecule has 1 heterocycles. The molecule has 2 nitrogen and oxygen atoms in total. The van der Waals surface area contributed by atoms with E-state index >= 15 is 0 Å². The molecule has 70 valence electrons. The number of carbonyl (C=O) groups is 1. The summed E-state index contributed by atoms with van der Waals surface area (Å²) in [5.74, 6) is -0.337. The van der Waals surface area contributed by atoms with E-state index in [2.05, 4.69) is 4.98 Å². The minimum atomic E-state index is -0.337. The fourth-order valence-electron chi connectivity index (χ4n) is 1.55. The Kier molecular flexibility index (Phi) is 2.00. The zero-order valence-corrected chi connectivity index (χ0v) is 7.62. The zero-order chi connectivity index (χ0) is 10.1. The van der Waals surface area contributed by atoms with Gasteiger partial charge in [0, 0.05) is 22.8 Å². The van der Waals surface area contributed by atoms with Gasteiger partial charge < -0.3 is 0 Å². The highest BCUT2D eigenvalue weighted by molar-refractivity contribution is 5.99. The number of halogens is 1. The summed E-state index contributed by atoms with van der Waals surface area (Å²) in [7, 11) is 0. The molecule has 14 heavy (non-hydrogen) atoms. The molecule has 0 amide bonds. The van der Waals surface area contributed by atoms with Gasteiger partial charge in [-0.1, -0.05) is 0 Å². The number of nitrogens with zero attached hydrogens (tertiary/aromatic N) is 1. The van der Waals surface area contributed by atoms with Crippen LogP contribution in [0.5, 0.6) is 0 Å². The fourth-order valence-corrected chi connectivity index (χ4v) is 1.55. The van der Waals surface area contributed by atoms with Gasteiger partial charge in [-0.25, -0.2) is 4.39 Å². The van der Waals surface area contributed by atoms with Gasteiger partial charge in [0.2, 0.25) is 0 Å². The van der Waals surface area contributed by atoms with Crippen LogP contribution in [0.3, 0.4) is 0 Å². The molecule has 0 saturated heterocycles. The van der Waals surface area contributed by atoms with E-state index in [-0.39, 0.29) is 5.82 Å². The summed E-state index contributed by atoms with van der Waals surface area (Å²) < 4.78 is 13.4. The first-order valence-corrected chi connectivity index (χ1v) is 4.23. The van der Waals surface area contributed by atoms with Crippen molar-refractivity contribution in [2.45, 2.75) is 6.92 Å². The van der Waals surface area contributed by atoms with Crippen LogP contribution in [0.4, 0.5) is 4.39 Å². The molecule has 0 unspecified atom stereocenters. The van der Waals surface area contributed by atoms with Crippen molar-refractivity contribution in [2.75, 3.05) is 0 Å². The van der Waals surface area contributed by atoms with Crippen LogP contribution in [-0.4, -0.2) is 11.3 Å². The first-order chi connectivity index (χ1) is 6.74. The average molecular weight is 189 g/mol. The third-order valence-corrected chi connectivity index (χ3v) is 2.23. The van der Waals surface area contributed by atoms with E-state index in [1.165, 1.54) is 12.1 Å². The standard InChI is InChI=1S/C11H8FNO/c1-7-11-9(4-5-13-7)8(6-14)2-3-10(11)12/h2-6H,1H3. The lowest BCUT2D eigenvalue weighted by atomic mass is 10.0. The highest BCUT2D eigenvalue weighted by Gasteiger charge is 2.07. The van der Waals surface area contributed by atoms with Crippen LogP contribution in [0.25, 0.3) is 10.8 Å². The summed E-state index contributed by atoms with van der Waals surface area (Å²) in [5, 5.41) is 1.05. The highest BCUT2D eigenvalue weighted by atomic mass is 19.1. The summed E-state index contributed by atoms with van der Waals surface area (Å²) in [6, 6.07) is 4.42. The molecule has 0 aliphatic rings. The molecule has 0 saturated carbocycles. The maximum Gasteiger partial charge on any atom is 0.150 e. The Morgan fingerprint density at radius 1 is 1.36 bits per heavy atom. The molecule has 3 heteroatoms. The van der Waals surface area contributed by atoms with Crippen LogP contribution in [0.1, 0.15) is 16.1 Å². The topological polar surface area (TPSA) is 30.0 Å². The van der Waals surface area contributed by atoms with Crippen LogP contribution in [-0.2, 0) is 0 Å². The summed E-state index contributed by atoms with van der Waals surface area (Å²) in [5.41, 5.74) is 1.09. The van der Waals surface area contributed by atoms with Gasteiger partial charge in [0.15, 0.2) is 6.29 Å². The Morgan fingerprint density at radius 3 is 2.86 bits per heavy atom. The highest BCUT2D eigenvalue weighted by Crippen LogP contribution is 2.22. The summed E-state index contributed by atoms with van der Waals surface area (Å²) in [6.07, 6.45) is 2.30. The molecule has 2 aromatic rings. The van der Waals surface area contributed by atoms with Crippen LogP contribution >= 0.6 is 0 Å². The van der Waals surface area contributed by atoms with Crippen molar-refractivity contribution < 1.29 is 9.18 Å². The van der Waals surface area contributed by atoms with Gasteiger partial charge in [0.05, 0.1) is 0 Å². The maximum atomic E-state index is 13.4. The van der Waals surface area contributed by atoms with Gasteiger partial charge in [-0.2, -0.15) is 0 Å². The second-order valence-corrected chi connectivity index (χ2v) is 3.07. The minimum absolute atomic E-state index is 0.337. The van der Waals surface area contributed by atoms with E-state index in [1.54, 1.807) is 19.2 Å². The van der Waals surface area contributed by atoms with Gasteiger partial charge in [0.25, 0.3) is 0 Å². The Balaban J connectivity index is 2.98. The number of aromatic nitrogens is 1. The molecule has 0 aliphatic heterocycles. The largest absolute Gasteiger partial charge is 0.298 e. The zero-order valence-electron chi connectivity index (χ0n) is 7.62. The number of benzene rings is 1. The Labute approximate surface area is 80.4 Å². The summed E-state index contributed by atoms with van der Waals surface area (Å²) in [4.78, 5) is 14.7. The molecule has 0 radical (unpaired) electrons. The minimum Gasteiger partial charge on any atom is -0.298 e. The molecule has 0 spiro atoms. The van der Waals surface area contributed by atoms with Crippen molar-refractivity contribution in [3.63, 3.8) is 0 Å². The Bertz CT molecular complexity index is 500. The molecule has 1 aromatic carbocycles.